The Morgan fingerprint density at radius 1 is 1.69 bits per heavy atom. The summed E-state index contributed by atoms with van der Waals surface area (Å²) in [6, 6.07) is 0. The summed E-state index contributed by atoms with van der Waals surface area (Å²) in [7, 11) is 1.84. The molecule has 3 nitrogen and oxygen atoms in total. The molecule has 0 aliphatic rings. The first-order valence-corrected chi connectivity index (χ1v) is 4.57. The van der Waals surface area contributed by atoms with Crippen molar-refractivity contribution in [2.45, 2.75) is 20.3 Å². The quantitative estimate of drug-likeness (QED) is 0.697. The molecule has 0 N–H and O–H groups in total. The molecule has 1 aromatic heterocycles. The minimum Gasteiger partial charge on any atom is -0.303 e. The van der Waals surface area contributed by atoms with Crippen LogP contribution in [0.2, 0.25) is 5.02 Å². The number of aromatic nitrogens is 2. The molecule has 0 aliphatic heterocycles. The topological polar surface area (TPSA) is 34.9 Å². The fourth-order valence-corrected chi connectivity index (χ4v) is 1.49. The molecule has 72 valence electrons. The van der Waals surface area contributed by atoms with E-state index in [4.69, 9.17) is 11.6 Å². The molecule has 1 heterocycles. The Morgan fingerprint density at radius 3 is 2.69 bits per heavy atom. The van der Waals surface area contributed by atoms with Gasteiger partial charge in [0.05, 0.1) is 16.4 Å². The number of nitrogens with zero attached hydrogens (tertiary/aromatic N) is 2. The molecule has 0 aromatic carbocycles. The molecule has 0 amide bonds. The lowest BCUT2D eigenvalue weighted by Gasteiger charge is -2.04. The van der Waals surface area contributed by atoms with Gasteiger partial charge < -0.3 is 4.79 Å². The average Bonchev–Trinajstić information content (AvgIpc) is 2.32. The van der Waals surface area contributed by atoms with Crippen LogP contribution in [-0.4, -0.2) is 16.1 Å². The smallest absolute Gasteiger partial charge is 0.123 e. The van der Waals surface area contributed by atoms with Crippen LogP contribution in [0.25, 0.3) is 0 Å². The standard InChI is InChI=1S/C9H13ClN2O/c1-6(5-13)4-8-9(10)7(2)11-12(8)3/h5-6H,4H2,1-3H3. The molecule has 0 fully saturated rings. The Balaban J connectivity index is 2.93. The van der Waals surface area contributed by atoms with Crippen LogP contribution in [0.4, 0.5) is 0 Å². The van der Waals surface area contributed by atoms with Crippen molar-refractivity contribution < 1.29 is 4.79 Å². The van der Waals surface area contributed by atoms with Crippen LogP contribution >= 0.6 is 11.6 Å². The van der Waals surface area contributed by atoms with Crippen molar-refractivity contribution >= 4 is 17.9 Å². The molecular weight excluding hydrogens is 188 g/mol. The molecule has 4 heteroatoms. The zero-order valence-corrected chi connectivity index (χ0v) is 8.80. The molecule has 0 radical (unpaired) electrons. The molecule has 0 saturated heterocycles. The average molecular weight is 201 g/mol. The van der Waals surface area contributed by atoms with Crippen molar-refractivity contribution in [3.63, 3.8) is 0 Å². The van der Waals surface area contributed by atoms with E-state index in [0.717, 1.165) is 17.7 Å². The number of aryl methyl sites for hydroxylation is 2. The second-order valence-electron chi connectivity index (χ2n) is 3.29. The maximum absolute atomic E-state index is 10.5. The van der Waals surface area contributed by atoms with Gasteiger partial charge in [0.1, 0.15) is 6.29 Å². The van der Waals surface area contributed by atoms with Gasteiger partial charge in [-0.25, -0.2) is 0 Å². The minimum atomic E-state index is -0.00713. The van der Waals surface area contributed by atoms with Crippen LogP contribution in [-0.2, 0) is 18.3 Å². The van der Waals surface area contributed by atoms with E-state index in [1.54, 1.807) is 4.68 Å². The van der Waals surface area contributed by atoms with Crippen molar-refractivity contribution in [3.05, 3.63) is 16.4 Å². The number of carbonyl (C=O) groups excluding carboxylic acids is 1. The fourth-order valence-electron chi connectivity index (χ4n) is 1.25. The maximum Gasteiger partial charge on any atom is 0.123 e. The summed E-state index contributed by atoms with van der Waals surface area (Å²) in [4.78, 5) is 10.5. The van der Waals surface area contributed by atoms with E-state index in [-0.39, 0.29) is 5.92 Å². The van der Waals surface area contributed by atoms with Gasteiger partial charge in [-0.2, -0.15) is 5.10 Å². The first-order chi connectivity index (χ1) is 6.06. The van der Waals surface area contributed by atoms with Gasteiger partial charge in [-0.05, 0) is 6.92 Å². The molecule has 1 rings (SSSR count). The third kappa shape index (κ3) is 2.10. The zero-order valence-electron chi connectivity index (χ0n) is 8.04. The molecule has 0 spiro atoms. The summed E-state index contributed by atoms with van der Waals surface area (Å²) in [6.07, 6.45) is 1.58. The van der Waals surface area contributed by atoms with E-state index in [9.17, 15) is 4.79 Å². The van der Waals surface area contributed by atoms with E-state index in [0.29, 0.717) is 11.4 Å². The number of carbonyl (C=O) groups is 1. The van der Waals surface area contributed by atoms with E-state index in [1.165, 1.54) is 0 Å². The lowest BCUT2D eigenvalue weighted by molar-refractivity contribution is -0.110. The van der Waals surface area contributed by atoms with Gasteiger partial charge in [-0.1, -0.05) is 18.5 Å². The molecule has 1 unspecified atom stereocenters. The second kappa shape index (κ2) is 3.92. The Kier molecular flexibility index (Phi) is 3.09. The molecule has 0 saturated carbocycles. The number of hydrogen-bond donors (Lipinski definition) is 0. The monoisotopic (exact) mass is 200 g/mol. The Hall–Kier alpha value is -0.830. The number of rotatable bonds is 3. The summed E-state index contributed by atoms with van der Waals surface area (Å²) in [5.74, 6) is -0.00713. The third-order valence-corrected chi connectivity index (χ3v) is 2.50. The lowest BCUT2D eigenvalue weighted by atomic mass is 10.1. The first-order valence-electron chi connectivity index (χ1n) is 4.19. The fraction of sp³-hybridized carbons (Fsp3) is 0.556. The maximum atomic E-state index is 10.5. The molecule has 1 atom stereocenters. The molecule has 1 aromatic rings. The molecular formula is C9H13ClN2O. The van der Waals surface area contributed by atoms with Crippen molar-refractivity contribution in [2.24, 2.45) is 13.0 Å². The zero-order chi connectivity index (χ0) is 10.0. The van der Waals surface area contributed by atoms with Crippen molar-refractivity contribution in [1.82, 2.24) is 9.78 Å². The molecule has 13 heavy (non-hydrogen) atoms. The number of aldehydes is 1. The van der Waals surface area contributed by atoms with Crippen LogP contribution in [0.3, 0.4) is 0 Å². The second-order valence-corrected chi connectivity index (χ2v) is 3.67. The van der Waals surface area contributed by atoms with E-state index >= 15 is 0 Å². The van der Waals surface area contributed by atoms with Gasteiger partial charge >= 0.3 is 0 Å². The summed E-state index contributed by atoms with van der Waals surface area (Å²) < 4.78 is 1.73. The normalized spacial score (nSPS) is 12.9. The largest absolute Gasteiger partial charge is 0.303 e. The molecule has 0 bridgehead atoms. The highest BCUT2D eigenvalue weighted by atomic mass is 35.5. The van der Waals surface area contributed by atoms with Gasteiger partial charge in [0.2, 0.25) is 0 Å². The number of hydrogen-bond acceptors (Lipinski definition) is 2. The van der Waals surface area contributed by atoms with Gasteiger partial charge in [-0.3, -0.25) is 4.68 Å². The summed E-state index contributed by atoms with van der Waals surface area (Å²) >= 11 is 6.02. The summed E-state index contributed by atoms with van der Waals surface area (Å²) in [6.45, 7) is 3.73. The minimum absolute atomic E-state index is 0.00713. The Labute approximate surface area is 82.7 Å². The predicted octanol–water partition coefficient (Wildman–Crippen LogP) is 1.76. The van der Waals surface area contributed by atoms with Crippen molar-refractivity contribution in [3.8, 4) is 0 Å². The van der Waals surface area contributed by atoms with Crippen LogP contribution in [0, 0.1) is 12.8 Å². The van der Waals surface area contributed by atoms with Crippen LogP contribution in [0.5, 0.6) is 0 Å². The SMILES string of the molecule is Cc1nn(C)c(CC(C)C=O)c1Cl. The third-order valence-electron chi connectivity index (χ3n) is 2.01. The number of halogens is 1. The van der Waals surface area contributed by atoms with E-state index in [1.807, 2.05) is 20.9 Å². The van der Waals surface area contributed by atoms with Crippen molar-refractivity contribution in [1.29, 1.82) is 0 Å². The Bertz CT molecular complexity index is 320. The summed E-state index contributed by atoms with van der Waals surface area (Å²) in [5, 5.41) is 4.84. The van der Waals surface area contributed by atoms with Gasteiger partial charge in [0.15, 0.2) is 0 Å². The van der Waals surface area contributed by atoms with Gasteiger partial charge in [0.25, 0.3) is 0 Å². The van der Waals surface area contributed by atoms with Crippen LogP contribution in [0.1, 0.15) is 18.3 Å². The van der Waals surface area contributed by atoms with E-state index < -0.39 is 0 Å². The van der Waals surface area contributed by atoms with Crippen molar-refractivity contribution in [2.75, 3.05) is 0 Å². The lowest BCUT2D eigenvalue weighted by Crippen LogP contribution is -2.06. The van der Waals surface area contributed by atoms with E-state index in [2.05, 4.69) is 5.10 Å². The highest BCUT2D eigenvalue weighted by molar-refractivity contribution is 6.31. The predicted molar refractivity (Wildman–Crippen MR) is 51.9 cm³/mol. The van der Waals surface area contributed by atoms with Crippen LogP contribution < -0.4 is 0 Å². The van der Waals surface area contributed by atoms with Gasteiger partial charge in [-0.15, -0.1) is 0 Å². The van der Waals surface area contributed by atoms with Crippen LogP contribution in [0.15, 0.2) is 0 Å². The molecule has 0 aliphatic carbocycles. The first kappa shape index (κ1) is 10.3. The highest BCUT2D eigenvalue weighted by Gasteiger charge is 2.13. The van der Waals surface area contributed by atoms with Gasteiger partial charge in [0, 0.05) is 19.4 Å². The summed E-state index contributed by atoms with van der Waals surface area (Å²) in [5.41, 5.74) is 1.75. The highest BCUT2D eigenvalue weighted by Crippen LogP contribution is 2.21. The Morgan fingerprint density at radius 2 is 2.31 bits per heavy atom.